The number of hydrogen-bond acceptors (Lipinski definition) is 6. The lowest BCUT2D eigenvalue weighted by molar-refractivity contribution is -0.137. The van der Waals surface area contributed by atoms with E-state index in [2.05, 4.69) is 10.3 Å². The maximum absolute atomic E-state index is 13.6. The summed E-state index contributed by atoms with van der Waals surface area (Å²) in [7, 11) is -3.89. The van der Waals surface area contributed by atoms with Crippen molar-refractivity contribution in [2.45, 2.75) is 36.4 Å². The van der Waals surface area contributed by atoms with Crippen LogP contribution in [0.2, 0.25) is 0 Å². The molecule has 8 nitrogen and oxygen atoms in total. The second-order valence-corrected chi connectivity index (χ2v) is 11.6. The van der Waals surface area contributed by atoms with Gasteiger partial charge in [-0.25, -0.2) is 13.2 Å². The van der Waals surface area contributed by atoms with Gasteiger partial charge in [0.1, 0.15) is 0 Å². The predicted octanol–water partition coefficient (Wildman–Crippen LogP) is 2.98. The SMILES string of the molecule is CS(=O)(=O)c1cc(CC2N(C(=O)c3ccc4[nH]c(=O)oc4c3)CC23CCNCC3)cc(C(F)(F)F)c1. The Morgan fingerprint density at radius 3 is 2.56 bits per heavy atom. The van der Waals surface area contributed by atoms with E-state index < -0.39 is 38.3 Å². The van der Waals surface area contributed by atoms with Gasteiger partial charge >= 0.3 is 11.9 Å². The van der Waals surface area contributed by atoms with Crippen LogP contribution in [0.1, 0.15) is 34.3 Å². The van der Waals surface area contributed by atoms with E-state index in [1.807, 2.05) is 0 Å². The molecule has 2 aliphatic rings. The molecule has 1 spiro atoms. The Hall–Kier alpha value is -3.12. The molecule has 3 aromatic rings. The predicted molar refractivity (Wildman–Crippen MR) is 124 cm³/mol. The van der Waals surface area contributed by atoms with Crippen LogP contribution in [0.5, 0.6) is 0 Å². The fraction of sp³-hybridized carbons (Fsp3) is 0.417. The van der Waals surface area contributed by atoms with Crippen molar-refractivity contribution in [2.24, 2.45) is 5.41 Å². The number of carbonyl (C=O) groups excluding carboxylic acids is 1. The van der Waals surface area contributed by atoms with Crippen LogP contribution in [0, 0.1) is 5.41 Å². The van der Waals surface area contributed by atoms with Crippen LogP contribution in [0.15, 0.2) is 50.5 Å². The van der Waals surface area contributed by atoms with Crippen molar-refractivity contribution in [1.82, 2.24) is 15.2 Å². The summed E-state index contributed by atoms with van der Waals surface area (Å²) in [5.41, 5.74) is -0.146. The zero-order valence-corrected chi connectivity index (χ0v) is 20.1. The molecule has 2 saturated heterocycles. The number of alkyl halides is 3. The number of benzene rings is 2. The topological polar surface area (TPSA) is 112 Å². The van der Waals surface area contributed by atoms with Crippen LogP contribution in [-0.2, 0) is 22.4 Å². The van der Waals surface area contributed by atoms with Crippen LogP contribution in [-0.4, -0.2) is 56.1 Å². The molecule has 0 radical (unpaired) electrons. The lowest BCUT2D eigenvalue weighted by atomic mass is 9.63. The van der Waals surface area contributed by atoms with Crippen molar-refractivity contribution in [3.05, 3.63) is 63.6 Å². The fourth-order valence-corrected chi connectivity index (χ4v) is 6.06. The average Bonchev–Trinajstić information content (AvgIpc) is 3.19. The highest BCUT2D eigenvalue weighted by atomic mass is 32.2. The highest BCUT2D eigenvalue weighted by molar-refractivity contribution is 7.90. The number of amides is 1. The zero-order chi connectivity index (χ0) is 25.9. The second-order valence-electron chi connectivity index (χ2n) is 9.63. The summed E-state index contributed by atoms with van der Waals surface area (Å²) in [6.07, 6.45) is -2.28. The molecule has 1 unspecified atom stereocenters. The molecule has 2 aromatic carbocycles. The van der Waals surface area contributed by atoms with Crippen molar-refractivity contribution in [3.63, 3.8) is 0 Å². The number of aromatic amines is 1. The molecule has 36 heavy (non-hydrogen) atoms. The van der Waals surface area contributed by atoms with Gasteiger partial charge in [-0.3, -0.25) is 9.78 Å². The van der Waals surface area contributed by atoms with Gasteiger partial charge in [-0.15, -0.1) is 0 Å². The van der Waals surface area contributed by atoms with Gasteiger partial charge in [0.2, 0.25) is 0 Å². The molecular formula is C24H24F3N3O5S. The highest BCUT2D eigenvalue weighted by Gasteiger charge is 2.54. The van der Waals surface area contributed by atoms with Gasteiger partial charge in [-0.1, -0.05) is 0 Å². The first-order valence-electron chi connectivity index (χ1n) is 11.4. The largest absolute Gasteiger partial charge is 0.417 e. The van der Waals surface area contributed by atoms with Crippen molar-refractivity contribution in [3.8, 4) is 0 Å². The van der Waals surface area contributed by atoms with E-state index in [0.29, 0.717) is 23.7 Å². The third-order valence-electron chi connectivity index (χ3n) is 7.25. The summed E-state index contributed by atoms with van der Waals surface area (Å²) < 4.78 is 70.0. The Bertz CT molecular complexity index is 1500. The van der Waals surface area contributed by atoms with Crippen LogP contribution < -0.4 is 11.1 Å². The number of likely N-dealkylation sites (tertiary alicyclic amines) is 1. The van der Waals surface area contributed by atoms with Crippen molar-refractivity contribution in [2.75, 3.05) is 25.9 Å². The number of rotatable bonds is 4. The monoisotopic (exact) mass is 523 g/mol. The van der Waals surface area contributed by atoms with Crippen LogP contribution in [0.4, 0.5) is 13.2 Å². The van der Waals surface area contributed by atoms with E-state index in [9.17, 15) is 31.2 Å². The molecule has 2 fully saturated rings. The summed E-state index contributed by atoms with van der Waals surface area (Å²) in [5.74, 6) is -0.971. The second kappa shape index (κ2) is 8.48. The third-order valence-corrected chi connectivity index (χ3v) is 8.34. The number of fused-ring (bicyclic) bond motifs is 1. The van der Waals surface area contributed by atoms with Gasteiger partial charge < -0.3 is 14.6 Å². The first-order chi connectivity index (χ1) is 16.9. The van der Waals surface area contributed by atoms with Crippen LogP contribution in [0.3, 0.4) is 0 Å². The molecule has 2 aliphatic heterocycles. The minimum Gasteiger partial charge on any atom is -0.408 e. The third kappa shape index (κ3) is 4.43. The van der Waals surface area contributed by atoms with E-state index in [1.54, 1.807) is 17.0 Å². The first kappa shape index (κ1) is 24.6. The molecule has 12 heteroatoms. The Morgan fingerprint density at radius 2 is 1.89 bits per heavy atom. The molecule has 192 valence electrons. The van der Waals surface area contributed by atoms with Gasteiger partial charge in [0.25, 0.3) is 5.91 Å². The summed E-state index contributed by atoms with van der Waals surface area (Å²) >= 11 is 0. The number of sulfone groups is 1. The molecule has 0 bridgehead atoms. The Kier molecular flexibility index (Phi) is 5.79. The number of carbonyl (C=O) groups is 1. The lowest BCUT2D eigenvalue weighted by Gasteiger charge is -2.59. The maximum atomic E-state index is 13.6. The normalized spacial score (nSPS) is 20.0. The molecule has 0 aliphatic carbocycles. The van der Waals surface area contributed by atoms with Gasteiger partial charge in [0, 0.05) is 29.8 Å². The minimum absolute atomic E-state index is 0.0830. The summed E-state index contributed by atoms with van der Waals surface area (Å²) in [5, 5.41) is 3.27. The lowest BCUT2D eigenvalue weighted by Crippen LogP contribution is -2.69. The highest BCUT2D eigenvalue weighted by Crippen LogP contribution is 2.47. The zero-order valence-electron chi connectivity index (χ0n) is 19.3. The number of oxazole rings is 1. The number of halogens is 3. The molecule has 2 N–H and O–H groups in total. The number of nitrogens with zero attached hydrogens (tertiary/aromatic N) is 1. The number of piperidine rings is 1. The molecule has 3 heterocycles. The average molecular weight is 524 g/mol. The Labute approximate surface area is 204 Å². The maximum Gasteiger partial charge on any atom is 0.417 e. The number of hydrogen-bond donors (Lipinski definition) is 2. The van der Waals surface area contributed by atoms with Gasteiger partial charge in [0.05, 0.1) is 16.0 Å². The van der Waals surface area contributed by atoms with Crippen LogP contribution in [0.25, 0.3) is 11.1 Å². The Morgan fingerprint density at radius 1 is 1.17 bits per heavy atom. The van der Waals surface area contributed by atoms with Crippen molar-refractivity contribution >= 4 is 26.8 Å². The van der Waals surface area contributed by atoms with Gasteiger partial charge in [-0.2, -0.15) is 13.2 Å². The molecular weight excluding hydrogens is 499 g/mol. The standard InChI is InChI=1S/C24H24F3N3O5S/c1-36(33,34)17-9-14(8-16(12-17)24(25,26)27)10-20-23(4-6-28-7-5-23)13-30(20)21(31)15-2-3-18-19(11-15)35-22(32)29-18/h2-3,8-9,11-12,20,28H,4-7,10,13H2,1H3,(H,29,32). The molecule has 1 atom stereocenters. The van der Waals surface area contributed by atoms with E-state index >= 15 is 0 Å². The minimum atomic E-state index is -4.72. The smallest absolute Gasteiger partial charge is 0.408 e. The van der Waals surface area contributed by atoms with Crippen molar-refractivity contribution < 1.29 is 30.8 Å². The number of aromatic nitrogens is 1. The van der Waals surface area contributed by atoms with E-state index in [-0.39, 0.29) is 28.9 Å². The molecule has 5 rings (SSSR count). The molecule has 0 saturated carbocycles. The van der Waals surface area contributed by atoms with Gasteiger partial charge in [0.15, 0.2) is 15.4 Å². The van der Waals surface area contributed by atoms with Crippen molar-refractivity contribution in [1.29, 1.82) is 0 Å². The number of H-pyrrole nitrogens is 1. The van der Waals surface area contributed by atoms with E-state index in [4.69, 9.17) is 4.42 Å². The summed E-state index contributed by atoms with van der Waals surface area (Å²) in [6, 6.07) is 7.04. The molecule has 1 aromatic heterocycles. The Balaban J connectivity index is 1.51. The van der Waals surface area contributed by atoms with Gasteiger partial charge in [-0.05, 0) is 74.3 Å². The fourth-order valence-electron chi connectivity index (χ4n) is 5.35. The first-order valence-corrected chi connectivity index (χ1v) is 13.3. The summed E-state index contributed by atoms with van der Waals surface area (Å²) in [4.78, 5) is 28.7. The summed E-state index contributed by atoms with van der Waals surface area (Å²) in [6.45, 7) is 1.87. The van der Waals surface area contributed by atoms with E-state index in [0.717, 1.165) is 38.3 Å². The molecule has 1 amide bonds. The van der Waals surface area contributed by atoms with E-state index in [1.165, 1.54) is 12.1 Å². The van der Waals surface area contributed by atoms with Crippen LogP contribution >= 0.6 is 0 Å². The quantitative estimate of drug-likeness (QED) is 0.544. The number of nitrogens with one attached hydrogen (secondary N) is 2.